The Morgan fingerprint density at radius 2 is 2.14 bits per heavy atom. The number of carbonyl (C=O) groups excluding carboxylic acids is 1. The van der Waals surface area contributed by atoms with Crippen molar-refractivity contribution in [2.75, 3.05) is 0 Å². The van der Waals surface area contributed by atoms with Gasteiger partial charge in [0, 0.05) is 5.92 Å². The van der Waals surface area contributed by atoms with E-state index >= 15 is 0 Å². The van der Waals surface area contributed by atoms with Crippen molar-refractivity contribution < 1.29 is 14.6 Å². The Hall–Kier alpha value is -1.72. The van der Waals surface area contributed by atoms with Crippen LogP contribution in [0, 0.1) is 11.8 Å². The van der Waals surface area contributed by atoms with Crippen LogP contribution in [0.4, 0.5) is 0 Å². The fourth-order valence-corrected chi connectivity index (χ4v) is 4.39. The number of para-hydroxylation sites is 1. The molecule has 1 aliphatic carbocycles. The Labute approximate surface area is 132 Å². The third-order valence-electron chi connectivity index (χ3n) is 4.76. The quantitative estimate of drug-likeness (QED) is 0.879. The van der Waals surface area contributed by atoms with E-state index in [2.05, 4.69) is 4.98 Å². The van der Waals surface area contributed by atoms with E-state index < -0.39 is 0 Å². The molecule has 4 nitrogen and oxygen atoms in total. The van der Waals surface area contributed by atoms with Gasteiger partial charge in [0.15, 0.2) is 5.78 Å². The monoisotopic (exact) mass is 315 g/mol. The summed E-state index contributed by atoms with van der Waals surface area (Å²) in [5.41, 5.74) is 1.48. The van der Waals surface area contributed by atoms with E-state index in [9.17, 15) is 9.90 Å². The lowest BCUT2D eigenvalue weighted by molar-refractivity contribution is -0.131. The molecular weight excluding hydrogens is 298 g/mol. The van der Waals surface area contributed by atoms with Gasteiger partial charge in [-0.3, -0.25) is 4.79 Å². The molecule has 1 aliphatic heterocycles. The minimum atomic E-state index is -0.383. The number of hydrogen-bond donors (Lipinski definition) is 1. The van der Waals surface area contributed by atoms with Crippen molar-refractivity contribution in [3.05, 3.63) is 35.5 Å². The number of carbonyl (C=O) groups is 1. The summed E-state index contributed by atoms with van der Waals surface area (Å²) in [4.78, 5) is 17.4. The molecule has 0 amide bonds. The predicted octanol–water partition coefficient (Wildman–Crippen LogP) is 3.01. The number of aliphatic hydroxyl groups is 1. The molecule has 1 N–H and O–H groups in total. The van der Waals surface area contributed by atoms with Crippen LogP contribution in [0.3, 0.4) is 0 Å². The fourth-order valence-electron chi connectivity index (χ4n) is 3.41. The highest BCUT2D eigenvalue weighted by Gasteiger charge is 2.44. The van der Waals surface area contributed by atoms with Crippen LogP contribution >= 0.6 is 11.3 Å². The Balaban J connectivity index is 1.71. The van der Waals surface area contributed by atoms with Gasteiger partial charge in [-0.2, -0.15) is 0 Å². The predicted molar refractivity (Wildman–Crippen MR) is 85.4 cm³/mol. The van der Waals surface area contributed by atoms with Crippen LogP contribution in [0.15, 0.2) is 30.5 Å². The van der Waals surface area contributed by atoms with Gasteiger partial charge in [0.25, 0.3) is 0 Å². The minimum Gasteiger partial charge on any atom is -0.496 e. The fraction of sp³-hybridized carbons (Fsp3) is 0.412. The molecule has 0 spiro atoms. The van der Waals surface area contributed by atoms with Gasteiger partial charge in [0.1, 0.15) is 11.1 Å². The van der Waals surface area contributed by atoms with Crippen LogP contribution in [0.25, 0.3) is 15.8 Å². The van der Waals surface area contributed by atoms with Gasteiger partial charge >= 0.3 is 0 Å². The van der Waals surface area contributed by atoms with Gasteiger partial charge in [-0.1, -0.05) is 19.1 Å². The van der Waals surface area contributed by atoms with Crippen LogP contribution in [-0.4, -0.2) is 28.1 Å². The topological polar surface area (TPSA) is 59.4 Å². The second-order valence-corrected chi connectivity index (χ2v) is 7.12. The molecule has 1 aromatic heterocycles. The van der Waals surface area contributed by atoms with E-state index in [-0.39, 0.29) is 29.8 Å². The summed E-state index contributed by atoms with van der Waals surface area (Å²) in [7, 11) is 0. The molecule has 5 heteroatoms. The van der Waals surface area contributed by atoms with E-state index in [0.29, 0.717) is 18.4 Å². The van der Waals surface area contributed by atoms with E-state index in [1.165, 1.54) is 11.3 Å². The van der Waals surface area contributed by atoms with Gasteiger partial charge in [0.05, 0.1) is 34.1 Å². The molecule has 0 bridgehead atoms. The summed E-state index contributed by atoms with van der Waals surface area (Å²) in [6.45, 7) is 1.95. The third-order valence-corrected chi connectivity index (χ3v) is 5.83. The van der Waals surface area contributed by atoms with Crippen LogP contribution in [-0.2, 0) is 9.53 Å². The van der Waals surface area contributed by atoms with Gasteiger partial charge in [0.2, 0.25) is 0 Å². The highest BCUT2D eigenvalue weighted by atomic mass is 32.1. The normalized spacial score (nSPS) is 31.5. The van der Waals surface area contributed by atoms with Gasteiger partial charge in [-0.05, 0) is 25.0 Å². The molecule has 2 aliphatic rings. The zero-order valence-corrected chi connectivity index (χ0v) is 13.0. The first kappa shape index (κ1) is 13.9. The number of ketones is 1. The van der Waals surface area contributed by atoms with Crippen LogP contribution in [0.2, 0.25) is 0 Å². The number of aliphatic hydroxyl groups excluding tert-OH is 1. The molecule has 4 atom stereocenters. The summed E-state index contributed by atoms with van der Waals surface area (Å²) >= 11 is 1.52. The first-order valence-corrected chi connectivity index (χ1v) is 8.40. The number of hydrogen-bond acceptors (Lipinski definition) is 5. The Bertz CT molecular complexity index is 733. The molecule has 2 heterocycles. The van der Waals surface area contributed by atoms with Crippen molar-refractivity contribution in [2.45, 2.75) is 32.0 Å². The number of aromatic nitrogens is 1. The lowest BCUT2D eigenvalue weighted by Gasteiger charge is -2.40. The average molecular weight is 315 g/mol. The van der Waals surface area contributed by atoms with Crippen molar-refractivity contribution in [1.82, 2.24) is 4.98 Å². The van der Waals surface area contributed by atoms with Crippen molar-refractivity contribution in [3.63, 3.8) is 0 Å². The average Bonchev–Trinajstić information content (AvgIpc) is 2.95. The second-order valence-electron chi connectivity index (χ2n) is 6.09. The van der Waals surface area contributed by atoms with E-state index in [0.717, 1.165) is 15.2 Å². The number of rotatable bonds is 1. The van der Waals surface area contributed by atoms with E-state index in [4.69, 9.17) is 4.74 Å². The maximum absolute atomic E-state index is 12.8. The van der Waals surface area contributed by atoms with E-state index in [1.54, 1.807) is 6.26 Å². The molecule has 0 saturated heterocycles. The Morgan fingerprint density at radius 1 is 1.32 bits per heavy atom. The number of Topliss-reactive ketones (excluding diaryl/α,β-unsaturated/α-hetero) is 1. The summed E-state index contributed by atoms with van der Waals surface area (Å²) in [5, 5.41) is 10.7. The molecule has 1 aromatic carbocycles. The molecule has 0 radical (unpaired) electrons. The van der Waals surface area contributed by atoms with Gasteiger partial charge < -0.3 is 9.84 Å². The molecule has 4 rings (SSSR count). The number of benzene rings is 1. The molecule has 114 valence electrons. The number of fused-ring (bicyclic) bond motifs is 2. The third kappa shape index (κ3) is 2.08. The zero-order valence-electron chi connectivity index (χ0n) is 12.2. The summed E-state index contributed by atoms with van der Waals surface area (Å²) in [6.07, 6.45) is 2.29. The Kier molecular flexibility index (Phi) is 3.27. The number of nitrogens with zero attached hydrogens (tertiary/aromatic N) is 1. The highest BCUT2D eigenvalue weighted by Crippen LogP contribution is 2.40. The van der Waals surface area contributed by atoms with Crippen molar-refractivity contribution in [1.29, 1.82) is 0 Å². The smallest absolute Gasteiger partial charge is 0.175 e. The number of allylic oxidation sites excluding steroid dienone is 1. The highest BCUT2D eigenvalue weighted by molar-refractivity contribution is 7.19. The maximum Gasteiger partial charge on any atom is 0.175 e. The standard InChI is InChI=1S/C17H17NO3S/c1-9-13(19)7-6-10-15(20)11(8-21-16(9)10)17-18-12-4-2-3-5-14(12)22-17/h2-5,8-10,13,16,19H,6-7H2,1H3. The number of thiazole rings is 1. The molecule has 1 saturated carbocycles. The molecule has 22 heavy (non-hydrogen) atoms. The van der Waals surface area contributed by atoms with Crippen LogP contribution in [0.5, 0.6) is 0 Å². The van der Waals surface area contributed by atoms with Gasteiger partial charge in [-0.25, -0.2) is 4.98 Å². The largest absolute Gasteiger partial charge is 0.496 e. The van der Waals surface area contributed by atoms with Crippen molar-refractivity contribution >= 4 is 32.9 Å². The maximum atomic E-state index is 12.8. The Morgan fingerprint density at radius 3 is 2.95 bits per heavy atom. The van der Waals surface area contributed by atoms with Crippen LogP contribution in [0.1, 0.15) is 24.8 Å². The summed E-state index contributed by atoms with van der Waals surface area (Å²) in [6, 6.07) is 7.87. The minimum absolute atomic E-state index is 0.0177. The SMILES string of the molecule is CC1C(O)CCC2C(=O)C(c3nc4ccccc4s3)=COC21. The second kappa shape index (κ2) is 5.18. The summed E-state index contributed by atoms with van der Waals surface area (Å²) < 4.78 is 6.89. The van der Waals surface area contributed by atoms with Crippen LogP contribution < -0.4 is 0 Å². The number of ether oxygens (including phenoxy) is 1. The lowest BCUT2D eigenvalue weighted by atomic mass is 9.73. The van der Waals surface area contributed by atoms with E-state index in [1.807, 2.05) is 31.2 Å². The van der Waals surface area contributed by atoms with Crippen molar-refractivity contribution in [2.24, 2.45) is 11.8 Å². The molecule has 2 aromatic rings. The lowest BCUT2D eigenvalue weighted by Crippen LogP contribution is -2.46. The first-order chi connectivity index (χ1) is 10.6. The summed E-state index contributed by atoms with van der Waals surface area (Å²) in [5.74, 6) is -0.0738. The first-order valence-electron chi connectivity index (χ1n) is 7.59. The van der Waals surface area contributed by atoms with Crippen molar-refractivity contribution in [3.8, 4) is 0 Å². The molecule has 4 unspecified atom stereocenters. The van der Waals surface area contributed by atoms with Gasteiger partial charge in [-0.15, -0.1) is 11.3 Å². The molecular formula is C17H17NO3S. The zero-order chi connectivity index (χ0) is 15.3. The molecule has 1 fully saturated rings.